The second kappa shape index (κ2) is 10.5. The van der Waals surface area contributed by atoms with Crippen molar-refractivity contribution in [3.05, 3.63) is 59.7 Å². The van der Waals surface area contributed by atoms with Gasteiger partial charge in [-0.3, -0.25) is 4.79 Å². The predicted molar refractivity (Wildman–Crippen MR) is 133 cm³/mol. The first-order valence-corrected chi connectivity index (χ1v) is 12.5. The average molecular weight is 479 g/mol. The van der Waals surface area contributed by atoms with Crippen molar-refractivity contribution >= 4 is 18.0 Å². The van der Waals surface area contributed by atoms with Crippen molar-refractivity contribution in [2.45, 2.75) is 69.9 Å². The van der Waals surface area contributed by atoms with E-state index in [0.717, 1.165) is 41.5 Å². The smallest absolute Gasteiger partial charge is 0.407 e. The summed E-state index contributed by atoms with van der Waals surface area (Å²) in [6.07, 6.45) is 3.21. The van der Waals surface area contributed by atoms with Crippen molar-refractivity contribution in [2.75, 3.05) is 6.61 Å². The molecule has 0 spiro atoms. The van der Waals surface area contributed by atoms with E-state index in [1.165, 1.54) is 0 Å². The van der Waals surface area contributed by atoms with Gasteiger partial charge in [0, 0.05) is 5.92 Å². The van der Waals surface area contributed by atoms with Gasteiger partial charge in [0.15, 0.2) is 0 Å². The Morgan fingerprint density at radius 2 is 1.57 bits per heavy atom. The zero-order valence-electron chi connectivity index (χ0n) is 20.4. The number of aliphatic carboxylic acids is 1. The van der Waals surface area contributed by atoms with Gasteiger partial charge in [0.25, 0.3) is 0 Å². The molecule has 1 fully saturated rings. The van der Waals surface area contributed by atoms with Gasteiger partial charge in [-0.05, 0) is 41.0 Å². The second-order valence-corrected chi connectivity index (χ2v) is 9.77. The van der Waals surface area contributed by atoms with Crippen LogP contribution in [0.25, 0.3) is 11.1 Å². The summed E-state index contributed by atoms with van der Waals surface area (Å²) < 4.78 is 5.63. The van der Waals surface area contributed by atoms with E-state index in [0.29, 0.717) is 19.3 Å². The third-order valence-corrected chi connectivity index (χ3v) is 7.59. The molecule has 1 saturated carbocycles. The summed E-state index contributed by atoms with van der Waals surface area (Å²) >= 11 is 0. The number of nitrogens with one attached hydrogen (secondary N) is 2. The molecule has 2 aliphatic carbocycles. The van der Waals surface area contributed by atoms with E-state index in [1.807, 2.05) is 50.2 Å². The minimum atomic E-state index is -1.27. The molecule has 2 aliphatic rings. The molecular weight excluding hydrogens is 444 g/mol. The number of carbonyl (C=O) groups excluding carboxylic acids is 2. The van der Waals surface area contributed by atoms with Crippen molar-refractivity contribution in [2.24, 2.45) is 5.92 Å². The molecule has 1 unspecified atom stereocenters. The molecule has 0 aromatic heterocycles. The normalized spacial score (nSPS) is 18.0. The standard InChI is InChI=1S/C28H34N2O5/c1-3-18(2)24(25(31)30-28(26(32)33)15-9-4-10-16-28)29-27(34)35-17-23-21-13-7-5-11-19(21)20-12-6-8-14-22(20)23/h5-8,11-14,18,23-24H,3-4,9-10,15-17H2,1-2H3,(H,29,34)(H,30,31)(H,32,33)/t18?,24-/m0/s1. The molecule has 2 amide bonds. The predicted octanol–water partition coefficient (Wildman–Crippen LogP) is 4.84. The van der Waals surface area contributed by atoms with Crippen LogP contribution in [0, 0.1) is 5.92 Å². The lowest BCUT2D eigenvalue weighted by Gasteiger charge is -2.36. The Bertz CT molecular complexity index is 1050. The molecule has 186 valence electrons. The molecule has 2 aromatic rings. The fourth-order valence-electron chi connectivity index (χ4n) is 5.33. The lowest BCUT2D eigenvalue weighted by Crippen LogP contribution is -2.61. The number of hydrogen-bond donors (Lipinski definition) is 3. The van der Waals surface area contributed by atoms with E-state index in [1.54, 1.807) is 0 Å². The largest absolute Gasteiger partial charge is 0.480 e. The minimum absolute atomic E-state index is 0.0819. The van der Waals surface area contributed by atoms with Gasteiger partial charge < -0.3 is 20.5 Å². The first-order valence-electron chi connectivity index (χ1n) is 12.5. The molecule has 7 heteroatoms. The van der Waals surface area contributed by atoms with Gasteiger partial charge >= 0.3 is 12.1 Å². The van der Waals surface area contributed by atoms with E-state index in [4.69, 9.17) is 4.74 Å². The summed E-state index contributed by atoms with van der Waals surface area (Å²) in [6.45, 7) is 3.94. The highest BCUT2D eigenvalue weighted by Gasteiger charge is 2.43. The van der Waals surface area contributed by atoms with Gasteiger partial charge in [-0.1, -0.05) is 88.1 Å². The number of amides is 2. The van der Waals surface area contributed by atoms with Gasteiger partial charge in [-0.15, -0.1) is 0 Å². The summed E-state index contributed by atoms with van der Waals surface area (Å²) in [5.41, 5.74) is 3.22. The molecular formula is C28H34N2O5. The highest BCUT2D eigenvalue weighted by molar-refractivity contribution is 5.91. The molecule has 0 heterocycles. The Balaban J connectivity index is 1.44. The first kappa shape index (κ1) is 24.8. The van der Waals surface area contributed by atoms with Crippen LogP contribution in [0.5, 0.6) is 0 Å². The number of carboxylic acid groups (broad SMARTS) is 1. The Morgan fingerprint density at radius 3 is 2.11 bits per heavy atom. The van der Waals surface area contributed by atoms with Crippen LogP contribution in [-0.2, 0) is 14.3 Å². The third-order valence-electron chi connectivity index (χ3n) is 7.59. The number of hydrogen-bond acceptors (Lipinski definition) is 4. The highest BCUT2D eigenvalue weighted by atomic mass is 16.5. The van der Waals surface area contributed by atoms with Crippen LogP contribution in [0.2, 0.25) is 0 Å². The van der Waals surface area contributed by atoms with E-state index in [2.05, 4.69) is 22.8 Å². The lowest BCUT2D eigenvalue weighted by atomic mass is 9.81. The van der Waals surface area contributed by atoms with Crippen LogP contribution >= 0.6 is 0 Å². The van der Waals surface area contributed by atoms with Gasteiger partial charge in [-0.25, -0.2) is 9.59 Å². The Morgan fingerprint density at radius 1 is 1.00 bits per heavy atom. The van der Waals surface area contributed by atoms with E-state index in [-0.39, 0.29) is 18.4 Å². The van der Waals surface area contributed by atoms with Gasteiger partial charge in [0.1, 0.15) is 18.2 Å². The van der Waals surface area contributed by atoms with Gasteiger partial charge in [0.05, 0.1) is 0 Å². The first-order chi connectivity index (χ1) is 16.9. The van der Waals surface area contributed by atoms with Crippen molar-refractivity contribution in [1.82, 2.24) is 10.6 Å². The summed E-state index contributed by atoms with van der Waals surface area (Å²) in [7, 11) is 0. The number of ether oxygens (including phenoxy) is 1. The zero-order chi connectivity index (χ0) is 25.0. The molecule has 2 atom stereocenters. The van der Waals surface area contributed by atoms with E-state index < -0.39 is 29.6 Å². The number of fused-ring (bicyclic) bond motifs is 3. The Kier molecular flexibility index (Phi) is 7.43. The van der Waals surface area contributed by atoms with Crippen LogP contribution in [0.15, 0.2) is 48.5 Å². The SMILES string of the molecule is CCC(C)[C@H](NC(=O)OCC1c2ccccc2-c2ccccc21)C(=O)NC1(C(=O)O)CCCCC1. The number of carboxylic acids is 1. The maximum atomic E-state index is 13.2. The molecule has 2 aromatic carbocycles. The van der Waals surface area contributed by atoms with Crippen molar-refractivity contribution < 1.29 is 24.2 Å². The summed E-state index contributed by atoms with van der Waals surface area (Å²) in [6, 6.07) is 15.3. The molecule has 0 bridgehead atoms. The maximum Gasteiger partial charge on any atom is 0.407 e. The highest BCUT2D eigenvalue weighted by Crippen LogP contribution is 2.44. The molecule has 35 heavy (non-hydrogen) atoms. The van der Waals surface area contributed by atoms with Crippen LogP contribution in [-0.4, -0.2) is 41.3 Å². The second-order valence-electron chi connectivity index (χ2n) is 9.77. The maximum absolute atomic E-state index is 13.2. The fraction of sp³-hybridized carbons (Fsp3) is 0.464. The molecule has 0 radical (unpaired) electrons. The van der Waals surface area contributed by atoms with E-state index in [9.17, 15) is 19.5 Å². The average Bonchev–Trinajstić information content (AvgIpc) is 3.19. The Hall–Kier alpha value is -3.35. The fourth-order valence-corrected chi connectivity index (χ4v) is 5.33. The number of rotatable bonds is 8. The molecule has 3 N–H and O–H groups in total. The van der Waals surface area contributed by atoms with Crippen molar-refractivity contribution in [3.8, 4) is 11.1 Å². The molecule has 4 rings (SSSR count). The summed E-state index contributed by atoms with van der Waals surface area (Å²) in [5, 5.41) is 15.3. The van der Waals surface area contributed by atoms with Crippen LogP contribution in [0.4, 0.5) is 4.79 Å². The summed E-state index contributed by atoms with van der Waals surface area (Å²) in [4.78, 5) is 38.1. The van der Waals surface area contributed by atoms with Gasteiger partial charge in [-0.2, -0.15) is 0 Å². The molecule has 0 aliphatic heterocycles. The number of carbonyl (C=O) groups is 3. The monoisotopic (exact) mass is 478 g/mol. The number of alkyl carbamates (subject to hydrolysis) is 1. The Labute approximate surface area is 206 Å². The molecule has 7 nitrogen and oxygen atoms in total. The topological polar surface area (TPSA) is 105 Å². The quantitative estimate of drug-likeness (QED) is 0.503. The van der Waals surface area contributed by atoms with E-state index >= 15 is 0 Å². The van der Waals surface area contributed by atoms with Crippen LogP contribution < -0.4 is 10.6 Å². The van der Waals surface area contributed by atoms with Crippen LogP contribution in [0.3, 0.4) is 0 Å². The molecule has 0 saturated heterocycles. The van der Waals surface area contributed by atoms with Crippen LogP contribution in [0.1, 0.15) is 69.4 Å². The van der Waals surface area contributed by atoms with Crippen molar-refractivity contribution in [1.29, 1.82) is 0 Å². The number of benzene rings is 2. The minimum Gasteiger partial charge on any atom is -0.480 e. The lowest BCUT2D eigenvalue weighted by molar-refractivity contribution is -0.149. The summed E-state index contributed by atoms with van der Waals surface area (Å²) in [5.74, 6) is -1.77. The third kappa shape index (κ3) is 5.04. The van der Waals surface area contributed by atoms with Gasteiger partial charge in [0.2, 0.25) is 5.91 Å². The van der Waals surface area contributed by atoms with Crippen molar-refractivity contribution in [3.63, 3.8) is 0 Å². The zero-order valence-corrected chi connectivity index (χ0v) is 20.4.